The van der Waals surface area contributed by atoms with Crippen molar-refractivity contribution in [1.29, 1.82) is 0 Å². The molecule has 0 spiro atoms. The number of hydrogen-bond acceptors (Lipinski definition) is 4. The molecule has 1 aliphatic rings. The minimum Gasteiger partial charge on any atom is -0.370 e. The average Bonchev–Trinajstić information content (AvgIpc) is 2.40. The maximum absolute atomic E-state index is 12.0. The number of carbonyl (C=O) groups excluding carboxylic acids is 1. The van der Waals surface area contributed by atoms with E-state index >= 15 is 0 Å². The molecule has 1 N–H and O–H groups in total. The first kappa shape index (κ1) is 16.5. The molecule has 0 saturated carbocycles. The maximum Gasteiger partial charge on any atom is 0.268 e. The van der Waals surface area contributed by atoms with Gasteiger partial charge in [-0.15, -0.1) is 0 Å². The van der Waals surface area contributed by atoms with E-state index in [0.29, 0.717) is 6.42 Å². The number of aryl methyl sites for hydroxylation is 1. The third kappa shape index (κ3) is 4.58. The van der Waals surface area contributed by atoms with E-state index in [1.165, 1.54) is 4.68 Å². The van der Waals surface area contributed by atoms with Gasteiger partial charge in [0.2, 0.25) is 5.91 Å². The largest absolute Gasteiger partial charge is 0.370 e. The molecule has 0 unspecified atom stereocenters. The number of rotatable bonds is 3. The highest BCUT2D eigenvalue weighted by molar-refractivity contribution is 5.76. The number of anilines is 1. The Morgan fingerprint density at radius 1 is 1.36 bits per heavy atom. The molecular formula is C16H26N4O2. The normalized spacial score (nSPS) is 16.6. The van der Waals surface area contributed by atoms with Gasteiger partial charge in [0.15, 0.2) is 0 Å². The number of piperidine rings is 1. The van der Waals surface area contributed by atoms with Crippen molar-refractivity contribution in [2.45, 2.75) is 46.1 Å². The molecule has 0 atom stereocenters. The molecule has 0 aromatic carbocycles. The Morgan fingerprint density at radius 3 is 2.55 bits per heavy atom. The number of amides is 1. The first-order valence-corrected chi connectivity index (χ1v) is 7.82. The van der Waals surface area contributed by atoms with Gasteiger partial charge in [-0.3, -0.25) is 9.59 Å². The Labute approximate surface area is 131 Å². The number of nitrogens with one attached hydrogen (secondary N) is 1. The average molecular weight is 306 g/mol. The van der Waals surface area contributed by atoms with Crippen LogP contribution in [-0.4, -0.2) is 34.8 Å². The van der Waals surface area contributed by atoms with Crippen molar-refractivity contribution in [3.05, 3.63) is 22.6 Å². The highest BCUT2D eigenvalue weighted by Crippen LogP contribution is 2.20. The van der Waals surface area contributed by atoms with Crippen LogP contribution in [0.15, 0.2) is 17.1 Å². The van der Waals surface area contributed by atoms with Crippen LogP contribution >= 0.6 is 0 Å². The minimum absolute atomic E-state index is 0.0144. The zero-order valence-electron chi connectivity index (χ0n) is 13.9. The molecule has 22 heavy (non-hydrogen) atoms. The second kappa shape index (κ2) is 6.50. The van der Waals surface area contributed by atoms with Crippen molar-refractivity contribution in [3.8, 4) is 0 Å². The monoisotopic (exact) mass is 306 g/mol. The van der Waals surface area contributed by atoms with E-state index < -0.39 is 0 Å². The molecular weight excluding hydrogens is 280 g/mol. The summed E-state index contributed by atoms with van der Waals surface area (Å²) in [5, 5.41) is 7.18. The standard InChI is InChI=1S/C16H26N4O2/c1-16(2,3)10-14(21)18-12-5-7-20(8-6-12)13-9-15(22)19(4)17-11-13/h9,11-12H,5-8,10H2,1-4H3,(H,18,21). The second-order valence-corrected chi connectivity index (χ2v) is 7.24. The Morgan fingerprint density at radius 2 is 2.00 bits per heavy atom. The molecule has 0 aliphatic carbocycles. The van der Waals surface area contributed by atoms with E-state index in [2.05, 4.69) is 36.1 Å². The molecule has 1 aliphatic heterocycles. The molecule has 1 fully saturated rings. The van der Waals surface area contributed by atoms with Gasteiger partial charge in [-0.2, -0.15) is 5.10 Å². The predicted octanol–water partition coefficient (Wildman–Crippen LogP) is 1.30. The van der Waals surface area contributed by atoms with E-state index in [4.69, 9.17) is 0 Å². The number of nitrogens with zero attached hydrogens (tertiary/aromatic N) is 3. The third-order valence-electron chi connectivity index (χ3n) is 3.87. The molecule has 0 radical (unpaired) electrons. The van der Waals surface area contributed by atoms with Gasteiger partial charge in [-0.1, -0.05) is 20.8 Å². The summed E-state index contributed by atoms with van der Waals surface area (Å²) in [6, 6.07) is 1.84. The fourth-order valence-electron chi connectivity index (χ4n) is 2.68. The van der Waals surface area contributed by atoms with Crippen molar-refractivity contribution in [1.82, 2.24) is 15.1 Å². The topological polar surface area (TPSA) is 67.2 Å². The maximum atomic E-state index is 12.0. The van der Waals surface area contributed by atoms with Crippen molar-refractivity contribution < 1.29 is 4.79 Å². The highest BCUT2D eigenvalue weighted by Gasteiger charge is 2.23. The fourth-order valence-corrected chi connectivity index (χ4v) is 2.68. The van der Waals surface area contributed by atoms with Crippen molar-refractivity contribution in [3.63, 3.8) is 0 Å². The molecule has 1 saturated heterocycles. The van der Waals surface area contributed by atoms with Crippen LogP contribution < -0.4 is 15.8 Å². The lowest BCUT2D eigenvalue weighted by atomic mass is 9.91. The van der Waals surface area contributed by atoms with Gasteiger partial charge in [0, 0.05) is 38.7 Å². The molecule has 1 aromatic rings. The Balaban J connectivity index is 1.86. The van der Waals surface area contributed by atoms with Crippen LogP contribution in [0.5, 0.6) is 0 Å². The molecule has 0 bridgehead atoms. The Hall–Kier alpha value is -1.85. The van der Waals surface area contributed by atoms with E-state index in [-0.39, 0.29) is 22.9 Å². The van der Waals surface area contributed by atoms with Crippen LogP contribution in [0.4, 0.5) is 5.69 Å². The minimum atomic E-state index is -0.0990. The van der Waals surface area contributed by atoms with Gasteiger partial charge < -0.3 is 10.2 Å². The summed E-state index contributed by atoms with van der Waals surface area (Å²) in [4.78, 5) is 25.8. The van der Waals surface area contributed by atoms with Crippen molar-refractivity contribution >= 4 is 11.6 Å². The second-order valence-electron chi connectivity index (χ2n) is 7.24. The summed E-state index contributed by atoms with van der Waals surface area (Å²) in [5.74, 6) is 0.126. The van der Waals surface area contributed by atoms with Crippen LogP contribution in [0, 0.1) is 5.41 Å². The van der Waals surface area contributed by atoms with Gasteiger partial charge in [0.25, 0.3) is 5.56 Å². The lowest BCUT2D eigenvalue weighted by molar-refractivity contribution is -0.123. The first-order valence-electron chi connectivity index (χ1n) is 7.82. The van der Waals surface area contributed by atoms with E-state index in [1.54, 1.807) is 19.3 Å². The smallest absolute Gasteiger partial charge is 0.268 e. The zero-order chi connectivity index (χ0) is 16.3. The first-order chi connectivity index (χ1) is 10.2. The van der Waals surface area contributed by atoms with Crippen LogP contribution in [0.3, 0.4) is 0 Å². The third-order valence-corrected chi connectivity index (χ3v) is 3.87. The van der Waals surface area contributed by atoms with Crippen LogP contribution in [0.1, 0.15) is 40.0 Å². The molecule has 6 nitrogen and oxygen atoms in total. The quantitative estimate of drug-likeness (QED) is 0.914. The molecule has 1 aromatic heterocycles. The SMILES string of the molecule is Cn1ncc(N2CCC(NC(=O)CC(C)(C)C)CC2)cc1=O. The number of aromatic nitrogens is 2. The van der Waals surface area contributed by atoms with Gasteiger partial charge in [-0.05, 0) is 18.3 Å². The number of hydrogen-bond donors (Lipinski definition) is 1. The van der Waals surface area contributed by atoms with Gasteiger partial charge >= 0.3 is 0 Å². The zero-order valence-corrected chi connectivity index (χ0v) is 13.9. The molecule has 2 rings (SSSR count). The van der Waals surface area contributed by atoms with E-state index in [0.717, 1.165) is 31.6 Å². The summed E-state index contributed by atoms with van der Waals surface area (Å²) in [5.41, 5.74) is 0.779. The Kier molecular flexibility index (Phi) is 4.88. The lowest BCUT2D eigenvalue weighted by Crippen LogP contribution is -2.45. The van der Waals surface area contributed by atoms with Crippen molar-refractivity contribution in [2.24, 2.45) is 12.5 Å². The highest BCUT2D eigenvalue weighted by atomic mass is 16.1. The molecule has 6 heteroatoms. The predicted molar refractivity (Wildman–Crippen MR) is 86.9 cm³/mol. The summed E-state index contributed by atoms with van der Waals surface area (Å²) in [6.07, 6.45) is 4.06. The lowest BCUT2D eigenvalue weighted by Gasteiger charge is -2.34. The molecule has 122 valence electrons. The summed E-state index contributed by atoms with van der Waals surface area (Å²) < 4.78 is 1.32. The fraction of sp³-hybridized carbons (Fsp3) is 0.688. The number of carbonyl (C=O) groups is 1. The van der Waals surface area contributed by atoms with Gasteiger partial charge in [0.1, 0.15) is 0 Å². The molecule has 2 heterocycles. The van der Waals surface area contributed by atoms with Gasteiger partial charge in [0.05, 0.1) is 11.9 Å². The van der Waals surface area contributed by atoms with Crippen molar-refractivity contribution in [2.75, 3.05) is 18.0 Å². The summed E-state index contributed by atoms with van der Waals surface area (Å²) in [6.45, 7) is 7.86. The van der Waals surface area contributed by atoms with Crippen LogP contribution in [0.25, 0.3) is 0 Å². The van der Waals surface area contributed by atoms with Crippen LogP contribution in [0.2, 0.25) is 0 Å². The van der Waals surface area contributed by atoms with E-state index in [9.17, 15) is 9.59 Å². The molecule has 1 amide bonds. The summed E-state index contributed by atoms with van der Waals surface area (Å²) in [7, 11) is 1.64. The Bertz CT molecular complexity index is 581. The van der Waals surface area contributed by atoms with E-state index in [1.807, 2.05) is 0 Å². The van der Waals surface area contributed by atoms with Gasteiger partial charge in [-0.25, -0.2) is 4.68 Å². The van der Waals surface area contributed by atoms with Crippen LogP contribution in [-0.2, 0) is 11.8 Å². The summed E-state index contributed by atoms with van der Waals surface area (Å²) >= 11 is 0.